The van der Waals surface area contributed by atoms with E-state index in [1.165, 1.54) is 9.98 Å². The Bertz CT molecular complexity index is 357. The minimum atomic E-state index is 0.256. The monoisotopic (exact) mass is 149 g/mol. The highest BCUT2D eigenvalue weighted by Crippen LogP contribution is 2.16. The Hall–Kier alpha value is -0.765. The van der Waals surface area contributed by atoms with Crippen molar-refractivity contribution < 1.29 is 0 Å². The molecule has 2 rings (SSSR count). The largest absolute Gasteiger partial charge is 0.429 e. The lowest BCUT2D eigenvalue weighted by atomic mass is 9.77. The Morgan fingerprint density at radius 2 is 2.50 bits per heavy atom. The van der Waals surface area contributed by atoms with Crippen molar-refractivity contribution in [3.8, 4) is 0 Å². The number of thiophene rings is 1. The van der Waals surface area contributed by atoms with Gasteiger partial charge in [0.05, 0.1) is 6.20 Å². The van der Waals surface area contributed by atoms with Crippen molar-refractivity contribution in [2.24, 2.45) is 6.82 Å². The van der Waals surface area contributed by atoms with Gasteiger partial charge in [-0.1, -0.05) is 6.07 Å². The molecule has 0 N–H and O–H groups in total. The highest BCUT2D eigenvalue weighted by atomic mass is 32.1. The van der Waals surface area contributed by atoms with Crippen LogP contribution in [0.1, 0.15) is 0 Å². The van der Waals surface area contributed by atoms with Gasteiger partial charge < -0.3 is 5.01 Å². The normalized spacial score (nSPS) is 10.5. The van der Waals surface area contributed by atoms with Crippen molar-refractivity contribution in [3.05, 3.63) is 17.6 Å². The molecule has 0 saturated heterocycles. The van der Waals surface area contributed by atoms with Gasteiger partial charge in [-0.3, -0.25) is 0 Å². The fourth-order valence-electron chi connectivity index (χ4n) is 1.03. The third kappa shape index (κ3) is 0.760. The van der Waals surface area contributed by atoms with Crippen molar-refractivity contribution in [1.82, 2.24) is 10.1 Å². The van der Waals surface area contributed by atoms with E-state index in [4.69, 9.17) is 0 Å². The number of rotatable bonds is 0. The maximum atomic E-state index is 4.02. The molecule has 0 unspecified atom stereocenters. The highest BCUT2D eigenvalue weighted by molar-refractivity contribution is 7.18. The van der Waals surface area contributed by atoms with Gasteiger partial charge >= 0.3 is 0 Å². The van der Waals surface area contributed by atoms with Gasteiger partial charge in [-0.05, 0) is 5.38 Å². The molecule has 0 radical (unpaired) electrons. The van der Waals surface area contributed by atoms with Gasteiger partial charge in [0.2, 0.25) is 0 Å². The van der Waals surface area contributed by atoms with Crippen LogP contribution >= 0.6 is 11.3 Å². The average Bonchev–Trinajstić information content (AvgIpc) is 2.36. The van der Waals surface area contributed by atoms with Crippen molar-refractivity contribution in [3.63, 3.8) is 0 Å². The lowest BCUT2D eigenvalue weighted by Gasteiger charge is -2.01. The summed E-state index contributed by atoms with van der Waals surface area (Å²) in [7, 11) is 0. The van der Waals surface area contributed by atoms with Gasteiger partial charge in [0.1, 0.15) is 0 Å². The molecule has 0 saturated carbocycles. The molecule has 2 aromatic rings. The molecule has 2 heterocycles. The summed E-state index contributed by atoms with van der Waals surface area (Å²) in [6.45, 7) is 2.31. The number of hydrogen-bond donors (Lipinski definition) is 0. The average molecular weight is 149 g/mol. The molecular weight excluding hydrogens is 143 g/mol. The van der Waals surface area contributed by atoms with E-state index in [2.05, 4.69) is 28.4 Å². The SMILES string of the molecule is C[b-]1nncc2sccc12. The van der Waals surface area contributed by atoms with Crippen LogP contribution in [0.2, 0.25) is 0 Å². The quantitative estimate of drug-likeness (QED) is 0.563. The third-order valence-electron chi connectivity index (χ3n) is 1.59. The Labute approximate surface area is 63.0 Å². The molecule has 2 nitrogen and oxygen atoms in total. The van der Waals surface area contributed by atoms with E-state index in [1.54, 1.807) is 11.3 Å². The fraction of sp³-hybridized carbons (Fsp3) is 0.167. The molecule has 50 valence electrons. The number of fused-ring (bicyclic) bond motifs is 1. The second-order valence-corrected chi connectivity index (χ2v) is 3.22. The summed E-state index contributed by atoms with van der Waals surface area (Å²) in [5.74, 6) is 0. The van der Waals surface area contributed by atoms with Crippen LogP contribution in [0.25, 0.3) is 9.98 Å². The summed E-state index contributed by atoms with van der Waals surface area (Å²) in [6.07, 6.45) is 1.82. The van der Waals surface area contributed by atoms with Gasteiger partial charge in [-0.25, -0.2) is 5.10 Å². The first-order valence-electron chi connectivity index (χ1n) is 3.18. The zero-order valence-electron chi connectivity index (χ0n) is 5.61. The minimum Gasteiger partial charge on any atom is -0.429 e. The van der Waals surface area contributed by atoms with Crippen LogP contribution in [-0.4, -0.2) is 16.6 Å². The maximum Gasteiger partial charge on any atom is 0.0586 e. The van der Waals surface area contributed by atoms with Gasteiger partial charge in [0, 0.05) is 11.2 Å². The summed E-state index contributed by atoms with van der Waals surface area (Å²) in [5.41, 5.74) is 0. The van der Waals surface area contributed by atoms with Crippen LogP contribution < -0.4 is 0 Å². The first-order valence-corrected chi connectivity index (χ1v) is 4.06. The van der Waals surface area contributed by atoms with E-state index in [-0.39, 0.29) is 6.49 Å². The predicted octanol–water partition coefficient (Wildman–Crippen LogP) is 1.25. The van der Waals surface area contributed by atoms with Crippen molar-refractivity contribution in [1.29, 1.82) is 0 Å². The number of aryl methyl sites for hydroxylation is 1. The molecule has 0 fully saturated rings. The Balaban J connectivity index is 2.95. The summed E-state index contributed by atoms with van der Waals surface area (Å²) < 4.78 is 1.25. The summed E-state index contributed by atoms with van der Waals surface area (Å²) >= 11 is 1.72. The van der Waals surface area contributed by atoms with E-state index in [0.29, 0.717) is 0 Å². The zero-order chi connectivity index (χ0) is 6.97. The molecule has 0 atom stereocenters. The van der Waals surface area contributed by atoms with Gasteiger partial charge in [0.15, 0.2) is 0 Å². The number of nitrogens with zero attached hydrogens (tertiary/aromatic N) is 2. The third-order valence-corrected chi connectivity index (χ3v) is 2.46. The fourth-order valence-corrected chi connectivity index (χ4v) is 1.87. The standard InChI is InChI=1S/C6H6BN2S/c1-7-5-2-3-10-6(5)4-8-9-7/h2-4H,1H3/q-1. The minimum absolute atomic E-state index is 0.256. The maximum absolute atomic E-state index is 4.02. The Morgan fingerprint density at radius 1 is 1.60 bits per heavy atom. The van der Waals surface area contributed by atoms with Gasteiger partial charge in [-0.15, -0.1) is 11.3 Å². The highest BCUT2D eigenvalue weighted by Gasteiger charge is 1.88. The molecule has 0 bridgehead atoms. The van der Waals surface area contributed by atoms with E-state index in [1.807, 2.05) is 6.20 Å². The summed E-state index contributed by atoms with van der Waals surface area (Å²) in [5, 5.41) is 11.3. The molecule has 0 aliphatic rings. The van der Waals surface area contributed by atoms with Crippen molar-refractivity contribution >= 4 is 27.8 Å². The second kappa shape index (κ2) is 2.13. The smallest absolute Gasteiger partial charge is 0.0586 e. The molecule has 2 aromatic heterocycles. The molecule has 4 heteroatoms. The molecule has 0 aromatic carbocycles. The number of aromatic nitrogens is 2. The van der Waals surface area contributed by atoms with Crippen LogP contribution in [-0.2, 0) is 6.82 Å². The van der Waals surface area contributed by atoms with Crippen LogP contribution in [0.3, 0.4) is 0 Å². The van der Waals surface area contributed by atoms with Crippen LogP contribution in [0, 0.1) is 0 Å². The van der Waals surface area contributed by atoms with Gasteiger partial charge in [-0.2, -0.15) is 12.1 Å². The molecule has 10 heavy (non-hydrogen) atoms. The first kappa shape index (κ1) is 5.98. The molecule has 0 aliphatic heterocycles. The lowest BCUT2D eigenvalue weighted by Crippen LogP contribution is -1.99. The summed E-state index contributed by atoms with van der Waals surface area (Å²) in [4.78, 5) is 0. The van der Waals surface area contributed by atoms with Crippen LogP contribution in [0.5, 0.6) is 0 Å². The lowest BCUT2D eigenvalue weighted by molar-refractivity contribution is 1.12. The first-order chi connectivity index (χ1) is 4.88. The molecule has 0 spiro atoms. The van der Waals surface area contributed by atoms with E-state index in [0.717, 1.165) is 0 Å². The van der Waals surface area contributed by atoms with Crippen molar-refractivity contribution in [2.75, 3.05) is 0 Å². The van der Waals surface area contributed by atoms with Gasteiger partial charge in [0.25, 0.3) is 0 Å². The van der Waals surface area contributed by atoms with Crippen LogP contribution in [0.4, 0.5) is 0 Å². The van der Waals surface area contributed by atoms with Crippen LogP contribution in [0.15, 0.2) is 17.6 Å². The van der Waals surface area contributed by atoms with E-state index < -0.39 is 0 Å². The zero-order valence-corrected chi connectivity index (χ0v) is 6.43. The number of hydrogen-bond acceptors (Lipinski definition) is 3. The summed E-state index contributed by atoms with van der Waals surface area (Å²) in [6, 6.07) is 2.11. The molecular formula is C6H6BN2S-. The second-order valence-electron chi connectivity index (χ2n) is 2.28. The topological polar surface area (TPSA) is 25.8 Å². The molecule has 0 amide bonds. The van der Waals surface area contributed by atoms with E-state index in [9.17, 15) is 0 Å². The van der Waals surface area contributed by atoms with Crippen molar-refractivity contribution in [2.45, 2.75) is 0 Å². The Kier molecular flexibility index (Phi) is 1.27. The predicted molar refractivity (Wildman–Crippen MR) is 44.3 cm³/mol. The van der Waals surface area contributed by atoms with E-state index >= 15 is 0 Å². The Morgan fingerprint density at radius 3 is 3.30 bits per heavy atom. The molecule has 0 aliphatic carbocycles.